The number of aryl methyl sites for hydroxylation is 1. The minimum absolute atomic E-state index is 0.191. The maximum Gasteiger partial charge on any atom is 0.0897 e. The maximum atomic E-state index is 6.19. The van der Waals surface area contributed by atoms with E-state index in [1.54, 1.807) is 11.3 Å². The third-order valence-electron chi connectivity index (χ3n) is 5.73. The van der Waals surface area contributed by atoms with Gasteiger partial charge in [-0.05, 0) is 25.7 Å². The summed E-state index contributed by atoms with van der Waals surface area (Å²) in [5, 5.41) is 3.34. The first-order chi connectivity index (χ1) is 11.7. The average Bonchev–Trinajstić information content (AvgIpc) is 3.23. The largest absolute Gasteiger partial charge is 0.381 e. The Kier molecular flexibility index (Phi) is 5.20. The summed E-state index contributed by atoms with van der Waals surface area (Å²) in [5.41, 5.74) is 1.40. The van der Waals surface area contributed by atoms with Crippen molar-refractivity contribution in [1.29, 1.82) is 0 Å². The molecule has 1 aromatic heterocycles. The van der Waals surface area contributed by atoms with Gasteiger partial charge in [-0.25, -0.2) is 4.98 Å². The number of ether oxygens (including phenoxy) is 3. The van der Waals surface area contributed by atoms with Gasteiger partial charge in [0.2, 0.25) is 0 Å². The van der Waals surface area contributed by atoms with Crippen LogP contribution in [0.1, 0.15) is 23.5 Å². The Morgan fingerprint density at radius 3 is 3.04 bits per heavy atom. The zero-order valence-electron chi connectivity index (χ0n) is 14.5. The summed E-state index contributed by atoms with van der Waals surface area (Å²) >= 11 is 1.74. The molecule has 134 valence electrons. The van der Waals surface area contributed by atoms with Gasteiger partial charge < -0.3 is 14.2 Å². The molecule has 1 aromatic rings. The molecule has 5 nitrogen and oxygen atoms in total. The van der Waals surface area contributed by atoms with Gasteiger partial charge in [-0.2, -0.15) is 0 Å². The monoisotopic (exact) mass is 352 g/mol. The van der Waals surface area contributed by atoms with Crippen molar-refractivity contribution in [3.8, 4) is 0 Å². The number of hydrogen-bond donors (Lipinski definition) is 0. The molecular weight excluding hydrogens is 324 g/mol. The molecule has 0 saturated carbocycles. The molecule has 0 aromatic carbocycles. The maximum absolute atomic E-state index is 6.19. The number of aromatic nitrogens is 1. The average molecular weight is 353 g/mol. The molecular formula is C18H28N2O3S. The highest BCUT2D eigenvalue weighted by Crippen LogP contribution is 2.42. The summed E-state index contributed by atoms with van der Waals surface area (Å²) < 4.78 is 17.4. The zero-order chi connectivity index (χ0) is 16.4. The topological polar surface area (TPSA) is 43.8 Å². The standard InChI is InChI=1S/C18H28N2O3S/c1-14-19-17(10-24-14)7-20-6-16-9-23-13-18(16,11-20)12-22-8-15-2-4-21-5-3-15/h10,15-16H,2-9,11-13H2,1H3/t16-,18-/m1/s1. The van der Waals surface area contributed by atoms with Crippen LogP contribution in [0.3, 0.4) is 0 Å². The van der Waals surface area contributed by atoms with Gasteiger partial charge in [0.1, 0.15) is 0 Å². The first-order valence-corrected chi connectivity index (χ1v) is 9.98. The molecule has 0 spiro atoms. The first-order valence-electron chi connectivity index (χ1n) is 9.10. The number of thiazole rings is 1. The van der Waals surface area contributed by atoms with Crippen LogP contribution in [0.4, 0.5) is 0 Å². The van der Waals surface area contributed by atoms with Crippen LogP contribution in [-0.2, 0) is 20.8 Å². The molecule has 24 heavy (non-hydrogen) atoms. The van der Waals surface area contributed by atoms with E-state index >= 15 is 0 Å². The second-order valence-electron chi connectivity index (χ2n) is 7.67. The third kappa shape index (κ3) is 3.68. The molecule has 4 heterocycles. The molecule has 2 atom stereocenters. The molecule has 4 rings (SSSR count). The van der Waals surface area contributed by atoms with Crippen molar-refractivity contribution >= 4 is 11.3 Å². The molecule has 0 radical (unpaired) electrons. The summed E-state index contributed by atoms with van der Waals surface area (Å²) in [6, 6.07) is 0. The highest BCUT2D eigenvalue weighted by molar-refractivity contribution is 7.09. The molecule has 0 unspecified atom stereocenters. The van der Waals surface area contributed by atoms with Crippen LogP contribution in [-0.4, -0.2) is 62.6 Å². The fraction of sp³-hybridized carbons (Fsp3) is 0.833. The highest BCUT2D eigenvalue weighted by Gasteiger charge is 2.50. The zero-order valence-corrected chi connectivity index (χ0v) is 15.4. The first kappa shape index (κ1) is 16.9. The lowest BCUT2D eigenvalue weighted by molar-refractivity contribution is -0.0157. The molecule has 6 heteroatoms. The smallest absolute Gasteiger partial charge is 0.0897 e. The van der Waals surface area contributed by atoms with Gasteiger partial charge in [0.25, 0.3) is 0 Å². The SMILES string of the molecule is Cc1nc(CN2C[C@@H]3COC[C@]3(COCC3CCOCC3)C2)cs1. The molecule has 0 bridgehead atoms. The van der Waals surface area contributed by atoms with E-state index in [0.29, 0.717) is 11.8 Å². The van der Waals surface area contributed by atoms with Crippen molar-refractivity contribution in [3.05, 3.63) is 16.1 Å². The van der Waals surface area contributed by atoms with E-state index in [1.807, 2.05) is 0 Å². The van der Waals surface area contributed by atoms with E-state index in [1.165, 1.54) is 5.69 Å². The molecule has 3 saturated heterocycles. The second kappa shape index (κ2) is 7.38. The van der Waals surface area contributed by atoms with Gasteiger partial charge in [-0.15, -0.1) is 11.3 Å². The van der Waals surface area contributed by atoms with Crippen LogP contribution in [0, 0.1) is 24.2 Å². The highest BCUT2D eigenvalue weighted by atomic mass is 32.1. The number of rotatable bonds is 6. The summed E-state index contributed by atoms with van der Waals surface area (Å²) in [5.74, 6) is 1.28. The van der Waals surface area contributed by atoms with Crippen LogP contribution >= 0.6 is 11.3 Å². The van der Waals surface area contributed by atoms with Gasteiger partial charge >= 0.3 is 0 Å². The summed E-state index contributed by atoms with van der Waals surface area (Å²) in [4.78, 5) is 7.16. The lowest BCUT2D eigenvalue weighted by Gasteiger charge is -2.29. The molecule has 3 fully saturated rings. The summed E-state index contributed by atoms with van der Waals surface area (Å²) in [6.07, 6.45) is 2.28. The predicted molar refractivity (Wildman–Crippen MR) is 93.2 cm³/mol. The fourth-order valence-electron chi connectivity index (χ4n) is 4.32. The Balaban J connectivity index is 1.30. The Bertz CT molecular complexity index is 546. The van der Waals surface area contributed by atoms with Gasteiger partial charge in [0, 0.05) is 56.2 Å². The molecule has 0 amide bonds. The van der Waals surface area contributed by atoms with Crippen LogP contribution in [0.2, 0.25) is 0 Å². The van der Waals surface area contributed by atoms with Gasteiger partial charge in [0.05, 0.1) is 30.5 Å². The number of hydrogen-bond acceptors (Lipinski definition) is 6. The summed E-state index contributed by atoms with van der Waals surface area (Å²) in [6.45, 7) is 10.4. The molecule has 3 aliphatic heterocycles. The van der Waals surface area contributed by atoms with E-state index in [-0.39, 0.29) is 5.41 Å². The Morgan fingerprint density at radius 1 is 1.38 bits per heavy atom. The molecule has 3 aliphatic rings. The fourth-order valence-corrected chi connectivity index (χ4v) is 4.92. The quantitative estimate of drug-likeness (QED) is 0.786. The number of nitrogens with zero attached hydrogens (tertiary/aromatic N) is 2. The van der Waals surface area contributed by atoms with Gasteiger partial charge in [-0.1, -0.05) is 0 Å². The van der Waals surface area contributed by atoms with E-state index in [9.17, 15) is 0 Å². The lowest BCUT2D eigenvalue weighted by atomic mass is 9.82. The number of likely N-dealkylation sites (tertiary alicyclic amines) is 1. The third-order valence-corrected chi connectivity index (χ3v) is 6.55. The van der Waals surface area contributed by atoms with E-state index in [0.717, 1.165) is 77.1 Å². The van der Waals surface area contributed by atoms with Crippen LogP contribution in [0.25, 0.3) is 0 Å². The van der Waals surface area contributed by atoms with Crippen LogP contribution < -0.4 is 0 Å². The van der Waals surface area contributed by atoms with E-state index < -0.39 is 0 Å². The van der Waals surface area contributed by atoms with Gasteiger partial charge in [0.15, 0.2) is 0 Å². The molecule has 0 N–H and O–H groups in total. The normalized spacial score (nSPS) is 31.6. The van der Waals surface area contributed by atoms with Crippen molar-refractivity contribution < 1.29 is 14.2 Å². The number of fused-ring (bicyclic) bond motifs is 1. The van der Waals surface area contributed by atoms with Gasteiger partial charge in [-0.3, -0.25) is 4.90 Å². The van der Waals surface area contributed by atoms with Crippen molar-refractivity contribution in [2.24, 2.45) is 17.3 Å². The minimum atomic E-state index is 0.191. The molecule has 0 aliphatic carbocycles. The Labute approximate surface area is 148 Å². The van der Waals surface area contributed by atoms with Crippen molar-refractivity contribution in [1.82, 2.24) is 9.88 Å². The van der Waals surface area contributed by atoms with Crippen molar-refractivity contribution in [2.75, 3.05) is 52.7 Å². The Hall–Kier alpha value is -0.530. The predicted octanol–water partition coefficient (Wildman–Crippen LogP) is 2.34. The van der Waals surface area contributed by atoms with Crippen LogP contribution in [0.15, 0.2) is 5.38 Å². The minimum Gasteiger partial charge on any atom is -0.381 e. The van der Waals surface area contributed by atoms with Crippen LogP contribution in [0.5, 0.6) is 0 Å². The lowest BCUT2D eigenvalue weighted by Crippen LogP contribution is -2.36. The Morgan fingerprint density at radius 2 is 2.25 bits per heavy atom. The van der Waals surface area contributed by atoms with Crippen molar-refractivity contribution in [3.63, 3.8) is 0 Å². The van der Waals surface area contributed by atoms with Crippen molar-refractivity contribution in [2.45, 2.75) is 26.3 Å². The second-order valence-corrected chi connectivity index (χ2v) is 8.74. The van der Waals surface area contributed by atoms with E-state index in [4.69, 9.17) is 14.2 Å². The summed E-state index contributed by atoms with van der Waals surface area (Å²) in [7, 11) is 0. The van der Waals surface area contributed by atoms with E-state index in [2.05, 4.69) is 22.2 Å².